The van der Waals surface area contributed by atoms with Gasteiger partial charge in [0.25, 0.3) is 0 Å². The molecule has 0 N–H and O–H groups in total. The molecule has 0 radical (unpaired) electrons. The maximum atomic E-state index is 13.2. The Morgan fingerprint density at radius 3 is 1.23 bits per heavy atom. The van der Waals surface area contributed by atoms with Gasteiger partial charge in [0.2, 0.25) is 0 Å². The third-order valence-electron chi connectivity index (χ3n) is 5.21. The minimum absolute atomic E-state index is 0.261. The van der Waals surface area contributed by atoms with Crippen LogP contribution < -0.4 is 0 Å². The minimum atomic E-state index is -0.261. The smallest absolute Gasteiger partial charge is 0.123 e. The Kier molecular flexibility index (Phi) is 4.94. The quantitative estimate of drug-likeness (QED) is 0.197. The van der Waals surface area contributed by atoms with Gasteiger partial charge in [0.1, 0.15) is 5.82 Å². The van der Waals surface area contributed by atoms with Crippen LogP contribution in [0.3, 0.4) is 0 Å². The fraction of sp³-hybridized carbons (Fsp3) is 0. The first-order chi connectivity index (χ1) is 15.3. The zero-order chi connectivity index (χ0) is 21.0. The Balaban J connectivity index is 1.77. The summed E-state index contributed by atoms with van der Waals surface area (Å²) in [5.74, 6) is 13.0. The highest BCUT2D eigenvalue weighted by molar-refractivity contribution is 6.09. The molecule has 5 aromatic rings. The van der Waals surface area contributed by atoms with Gasteiger partial charge in [0.15, 0.2) is 0 Å². The summed E-state index contributed by atoms with van der Waals surface area (Å²) in [4.78, 5) is 0. The predicted molar refractivity (Wildman–Crippen MR) is 126 cm³/mol. The van der Waals surface area contributed by atoms with Crippen LogP contribution in [0.1, 0.15) is 22.3 Å². The molecule has 0 bridgehead atoms. The van der Waals surface area contributed by atoms with Crippen LogP contribution in [0.15, 0.2) is 103 Å². The lowest BCUT2D eigenvalue weighted by atomic mass is 9.92. The lowest BCUT2D eigenvalue weighted by molar-refractivity contribution is 0.627. The largest absolute Gasteiger partial charge is 0.207 e. The van der Waals surface area contributed by atoms with E-state index in [1.54, 1.807) is 12.1 Å². The average molecular weight is 396 g/mol. The van der Waals surface area contributed by atoms with E-state index >= 15 is 0 Å². The van der Waals surface area contributed by atoms with E-state index in [2.05, 4.69) is 47.9 Å². The van der Waals surface area contributed by atoms with Crippen molar-refractivity contribution in [3.63, 3.8) is 0 Å². The Bertz CT molecular complexity index is 1460. The van der Waals surface area contributed by atoms with Gasteiger partial charge in [-0.25, -0.2) is 4.39 Å². The van der Waals surface area contributed by atoms with Gasteiger partial charge in [0.05, 0.1) is 0 Å². The van der Waals surface area contributed by atoms with Gasteiger partial charge in [-0.1, -0.05) is 90.4 Å². The van der Waals surface area contributed by atoms with Gasteiger partial charge in [-0.3, -0.25) is 0 Å². The molecule has 0 nitrogen and oxygen atoms in total. The predicted octanol–water partition coefficient (Wildman–Crippen LogP) is 6.93. The summed E-state index contributed by atoms with van der Waals surface area (Å²) >= 11 is 0. The summed E-state index contributed by atoms with van der Waals surface area (Å²) in [6, 6.07) is 32.7. The zero-order valence-corrected chi connectivity index (χ0v) is 16.7. The van der Waals surface area contributed by atoms with Crippen LogP contribution in [0.2, 0.25) is 0 Å². The molecular formula is C30H17F. The molecule has 0 spiro atoms. The summed E-state index contributed by atoms with van der Waals surface area (Å²) in [6.07, 6.45) is 0. The molecule has 0 aliphatic heterocycles. The fourth-order valence-electron chi connectivity index (χ4n) is 3.72. The summed E-state index contributed by atoms with van der Waals surface area (Å²) in [5.41, 5.74) is 3.72. The average Bonchev–Trinajstić information content (AvgIpc) is 2.83. The molecule has 144 valence electrons. The lowest BCUT2D eigenvalue weighted by Gasteiger charge is -2.10. The second-order valence-electron chi connectivity index (χ2n) is 7.21. The molecule has 31 heavy (non-hydrogen) atoms. The van der Waals surface area contributed by atoms with Crippen molar-refractivity contribution in [3.05, 3.63) is 131 Å². The highest BCUT2D eigenvalue weighted by Crippen LogP contribution is 2.32. The molecule has 0 unspecified atom stereocenters. The summed E-state index contributed by atoms with van der Waals surface area (Å²) in [7, 11) is 0. The Hall–Kier alpha value is -4.33. The van der Waals surface area contributed by atoms with Crippen molar-refractivity contribution in [1.29, 1.82) is 0 Å². The van der Waals surface area contributed by atoms with Gasteiger partial charge < -0.3 is 0 Å². The van der Waals surface area contributed by atoms with Crippen molar-refractivity contribution in [2.24, 2.45) is 0 Å². The van der Waals surface area contributed by atoms with Gasteiger partial charge in [-0.05, 0) is 57.9 Å². The Labute approximate surface area is 181 Å². The zero-order valence-electron chi connectivity index (χ0n) is 16.7. The van der Waals surface area contributed by atoms with Crippen LogP contribution in [0.4, 0.5) is 4.39 Å². The first-order valence-corrected chi connectivity index (χ1v) is 10.1. The molecule has 0 heterocycles. The van der Waals surface area contributed by atoms with Crippen molar-refractivity contribution in [2.75, 3.05) is 0 Å². The highest BCUT2D eigenvalue weighted by Gasteiger charge is 2.11. The number of benzene rings is 5. The Morgan fingerprint density at radius 1 is 0.387 bits per heavy atom. The van der Waals surface area contributed by atoms with Gasteiger partial charge >= 0.3 is 0 Å². The molecule has 0 saturated carbocycles. The van der Waals surface area contributed by atoms with Crippen LogP contribution in [0, 0.1) is 29.5 Å². The van der Waals surface area contributed by atoms with Gasteiger partial charge in [0, 0.05) is 22.3 Å². The monoisotopic (exact) mass is 396 g/mol. The fourth-order valence-corrected chi connectivity index (χ4v) is 3.72. The van der Waals surface area contributed by atoms with Crippen LogP contribution in [0.25, 0.3) is 21.5 Å². The van der Waals surface area contributed by atoms with E-state index in [9.17, 15) is 4.39 Å². The molecule has 5 aromatic carbocycles. The first-order valence-electron chi connectivity index (χ1n) is 10.1. The first kappa shape index (κ1) is 18.7. The number of hydrogen-bond donors (Lipinski definition) is 0. The standard InChI is InChI=1S/C30H17F/c31-24-18-14-23(15-19-24)17-21-30-27-12-6-4-10-25(27)29(26-11-5-7-13-28(26)30)20-16-22-8-2-1-3-9-22/h1-15,18-19H. The van der Waals surface area contributed by atoms with E-state index in [1.807, 2.05) is 54.6 Å². The number of fused-ring (bicyclic) bond motifs is 2. The van der Waals surface area contributed by atoms with Gasteiger partial charge in [-0.15, -0.1) is 0 Å². The summed E-state index contributed by atoms with van der Waals surface area (Å²) < 4.78 is 13.2. The number of halogens is 1. The maximum absolute atomic E-state index is 13.2. The van der Waals surface area contributed by atoms with E-state index in [0.717, 1.165) is 43.8 Å². The van der Waals surface area contributed by atoms with E-state index in [0.29, 0.717) is 0 Å². The Morgan fingerprint density at radius 2 is 0.774 bits per heavy atom. The SMILES string of the molecule is Fc1ccc(C#Cc2c3ccccc3c(C#Cc3ccccc3)c3ccccc23)cc1. The van der Waals surface area contributed by atoms with Crippen molar-refractivity contribution < 1.29 is 4.39 Å². The normalized spacial score (nSPS) is 10.2. The summed E-state index contributed by atoms with van der Waals surface area (Å²) in [6.45, 7) is 0. The third-order valence-corrected chi connectivity index (χ3v) is 5.21. The molecule has 5 rings (SSSR count). The molecule has 0 atom stereocenters. The van der Waals surface area contributed by atoms with Crippen LogP contribution in [-0.2, 0) is 0 Å². The summed E-state index contributed by atoms with van der Waals surface area (Å²) in [5, 5.41) is 4.28. The topological polar surface area (TPSA) is 0 Å². The highest BCUT2D eigenvalue weighted by atomic mass is 19.1. The molecule has 0 fully saturated rings. The second kappa shape index (κ2) is 8.19. The molecule has 0 amide bonds. The maximum Gasteiger partial charge on any atom is 0.123 e. The van der Waals surface area contributed by atoms with Crippen molar-refractivity contribution in [2.45, 2.75) is 0 Å². The molecule has 0 aliphatic carbocycles. The third kappa shape index (κ3) is 3.78. The van der Waals surface area contributed by atoms with Crippen LogP contribution >= 0.6 is 0 Å². The molecule has 1 heteroatoms. The van der Waals surface area contributed by atoms with Crippen molar-refractivity contribution in [3.8, 4) is 23.7 Å². The minimum Gasteiger partial charge on any atom is -0.207 e. The molecule has 0 aromatic heterocycles. The van der Waals surface area contributed by atoms with E-state index < -0.39 is 0 Å². The van der Waals surface area contributed by atoms with Crippen LogP contribution in [0.5, 0.6) is 0 Å². The van der Waals surface area contributed by atoms with E-state index in [-0.39, 0.29) is 5.82 Å². The molecular weight excluding hydrogens is 379 g/mol. The number of rotatable bonds is 0. The van der Waals surface area contributed by atoms with Crippen molar-refractivity contribution in [1.82, 2.24) is 0 Å². The molecule has 0 aliphatic rings. The van der Waals surface area contributed by atoms with Gasteiger partial charge in [-0.2, -0.15) is 0 Å². The van der Waals surface area contributed by atoms with E-state index in [4.69, 9.17) is 0 Å². The van der Waals surface area contributed by atoms with E-state index in [1.165, 1.54) is 12.1 Å². The second-order valence-corrected chi connectivity index (χ2v) is 7.21. The van der Waals surface area contributed by atoms with Crippen LogP contribution in [-0.4, -0.2) is 0 Å². The lowest BCUT2D eigenvalue weighted by Crippen LogP contribution is -1.90. The molecule has 0 saturated heterocycles. The number of hydrogen-bond acceptors (Lipinski definition) is 0. The van der Waals surface area contributed by atoms with Crippen molar-refractivity contribution >= 4 is 21.5 Å².